The fourth-order valence-corrected chi connectivity index (χ4v) is 2.63. The lowest BCUT2D eigenvalue weighted by molar-refractivity contribution is 0.0449. The summed E-state index contributed by atoms with van der Waals surface area (Å²) < 4.78 is 10.8. The number of aromatic nitrogens is 1. The Bertz CT molecular complexity index is 994. The van der Waals surface area contributed by atoms with Gasteiger partial charge in [0.25, 0.3) is 0 Å². The van der Waals surface area contributed by atoms with Crippen LogP contribution in [0.5, 0.6) is 5.75 Å². The number of hydrogen-bond donors (Lipinski definition) is 0. The smallest absolute Gasteiger partial charge is 0.340 e. The van der Waals surface area contributed by atoms with E-state index in [2.05, 4.69) is 4.98 Å². The third-order valence-electron chi connectivity index (χ3n) is 3.76. The Kier molecular flexibility index (Phi) is 5.35. The van der Waals surface area contributed by atoms with Crippen LogP contribution in [0.25, 0.3) is 10.9 Å². The molecule has 0 aliphatic carbocycles. The number of fused-ring (bicyclic) bond motifs is 1. The van der Waals surface area contributed by atoms with Gasteiger partial charge in [0, 0.05) is 10.4 Å². The lowest BCUT2D eigenvalue weighted by Gasteiger charge is -2.09. The molecule has 0 unspecified atom stereocenters. The molecule has 0 fully saturated rings. The molecule has 0 aliphatic heterocycles. The molecule has 3 rings (SSSR count). The number of esters is 1. The van der Waals surface area contributed by atoms with E-state index in [1.165, 1.54) is 0 Å². The molecule has 5 nitrogen and oxygen atoms in total. The number of aryl methyl sites for hydroxylation is 1. The third kappa shape index (κ3) is 4.11. The summed E-state index contributed by atoms with van der Waals surface area (Å²) in [6.07, 6.45) is 0. The van der Waals surface area contributed by atoms with Crippen LogP contribution >= 0.6 is 11.6 Å². The van der Waals surface area contributed by atoms with Crippen molar-refractivity contribution in [3.05, 3.63) is 70.4 Å². The zero-order chi connectivity index (χ0) is 18.5. The van der Waals surface area contributed by atoms with Crippen molar-refractivity contribution in [2.45, 2.75) is 6.92 Å². The van der Waals surface area contributed by atoms with E-state index >= 15 is 0 Å². The van der Waals surface area contributed by atoms with Crippen LogP contribution in [-0.2, 0) is 4.74 Å². The Morgan fingerprint density at radius 1 is 1.15 bits per heavy atom. The van der Waals surface area contributed by atoms with E-state index in [0.29, 0.717) is 27.6 Å². The molecule has 0 saturated heterocycles. The van der Waals surface area contributed by atoms with Gasteiger partial charge in [0.05, 0.1) is 28.4 Å². The first kappa shape index (κ1) is 17.7. The molecule has 0 atom stereocenters. The minimum Gasteiger partial charge on any atom is -0.490 e. The molecule has 1 aromatic heterocycles. The van der Waals surface area contributed by atoms with E-state index < -0.39 is 5.97 Å². The molecule has 6 heteroatoms. The number of halogens is 1. The van der Waals surface area contributed by atoms with Gasteiger partial charge in [0.2, 0.25) is 0 Å². The van der Waals surface area contributed by atoms with Crippen LogP contribution in [0, 0.1) is 18.3 Å². The van der Waals surface area contributed by atoms with Crippen LogP contribution in [0.15, 0.2) is 48.5 Å². The Morgan fingerprint density at radius 3 is 2.65 bits per heavy atom. The molecule has 0 saturated carbocycles. The van der Waals surface area contributed by atoms with E-state index in [1.54, 1.807) is 49.4 Å². The van der Waals surface area contributed by atoms with Gasteiger partial charge < -0.3 is 9.47 Å². The van der Waals surface area contributed by atoms with Crippen molar-refractivity contribution in [1.82, 2.24) is 4.98 Å². The predicted octanol–water partition coefficient (Wildman–Crippen LogP) is 4.30. The molecule has 130 valence electrons. The maximum absolute atomic E-state index is 12.3. The summed E-state index contributed by atoms with van der Waals surface area (Å²) in [5.41, 5.74) is 2.33. The largest absolute Gasteiger partial charge is 0.490 e. The SMILES string of the molecule is Cc1nc2ccc(Cl)cc2cc1C(=O)OCCOc1ccc(C#N)cc1. The summed E-state index contributed by atoms with van der Waals surface area (Å²) in [7, 11) is 0. The van der Waals surface area contributed by atoms with Crippen molar-refractivity contribution in [3.63, 3.8) is 0 Å². The Hall–Kier alpha value is -3.10. The highest BCUT2D eigenvalue weighted by atomic mass is 35.5. The highest BCUT2D eigenvalue weighted by Gasteiger charge is 2.13. The zero-order valence-corrected chi connectivity index (χ0v) is 14.8. The summed E-state index contributed by atoms with van der Waals surface area (Å²) >= 11 is 5.99. The number of carbonyl (C=O) groups excluding carboxylic acids is 1. The quantitative estimate of drug-likeness (QED) is 0.497. The zero-order valence-electron chi connectivity index (χ0n) is 14.0. The van der Waals surface area contributed by atoms with Crippen LogP contribution in [0.4, 0.5) is 0 Å². The summed E-state index contributed by atoms with van der Waals surface area (Å²) in [5.74, 6) is 0.151. The molecule has 0 N–H and O–H groups in total. The molecule has 0 amide bonds. The maximum Gasteiger partial charge on any atom is 0.340 e. The lowest BCUT2D eigenvalue weighted by atomic mass is 10.1. The number of carbonyl (C=O) groups is 1. The first-order valence-electron chi connectivity index (χ1n) is 7.94. The van der Waals surface area contributed by atoms with Crippen LogP contribution in [0.3, 0.4) is 0 Å². The summed E-state index contributed by atoms with van der Waals surface area (Å²) in [5, 5.41) is 10.1. The van der Waals surface area contributed by atoms with Gasteiger partial charge in [-0.3, -0.25) is 4.98 Å². The number of benzene rings is 2. The summed E-state index contributed by atoms with van der Waals surface area (Å²) in [6, 6.07) is 15.8. The second-order valence-corrected chi connectivity index (χ2v) is 6.02. The molecule has 26 heavy (non-hydrogen) atoms. The molecule has 0 aliphatic rings. The molecule has 3 aromatic rings. The second-order valence-electron chi connectivity index (χ2n) is 5.58. The van der Waals surface area contributed by atoms with Crippen molar-refractivity contribution in [2.75, 3.05) is 13.2 Å². The lowest BCUT2D eigenvalue weighted by Crippen LogP contribution is -2.14. The highest BCUT2D eigenvalue weighted by molar-refractivity contribution is 6.31. The minimum atomic E-state index is -0.458. The van der Waals surface area contributed by atoms with Crippen molar-refractivity contribution in [3.8, 4) is 11.8 Å². The van der Waals surface area contributed by atoms with Gasteiger partial charge in [0.15, 0.2) is 0 Å². The van der Waals surface area contributed by atoms with Gasteiger partial charge in [-0.15, -0.1) is 0 Å². The van der Waals surface area contributed by atoms with E-state index in [4.69, 9.17) is 26.3 Å². The molecular weight excluding hydrogens is 352 g/mol. The maximum atomic E-state index is 12.3. The van der Waals surface area contributed by atoms with Gasteiger partial charge in [-0.1, -0.05) is 11.6 Å². The Morgan fingerprint density at radius 2 is 1.92 bits per heavy atom. The van der Waals surface area contributed by atoms with Crippen LogP contribution in [0.1, 0.15) is 21.6 Å². The Labute approximate surface area is 155 Å². The number of nitriles is 1. The van der Waals surface area contributed by atoms with E-state index in [0.717, 1.165) is 10.9 Å². The normalized spacial score (nSPS) is 10.3. The van der Waals surface area contributed by atoms with Gasteiger partial charge in [0.1, 0.15) is 19.0 Å². The van der Waals surface area contributed by atoms with Gasteiger partial charge in [-0.2, -0.15) is 5.26 Å². The highest BCUT2D eigenvalue weighted by Crippen LogP contribution is 2.21. The molecule has 1 heterocycles. The number of rotatable bonds is 5. The number of nitrogens with zero attached hydrogens (tertiary/aromatic N) is 2. The van der Waals surface area contributed by atoms with E-state index in [9.17, 15) is 4.79 Å². The van der Waals surface area contributed by atoms with Crippen molar-refractivity contribution in [1.29, 1.82) is 5.26 Å². The molecule has 0 spiro atoms. The van der Waals surface area contributed by atoms with Crippen molar-refractivity contribution < 1.29 is 14.3 Å². The number of hydrogen-bond acceptors (Lipinski definition) is 5. The predicted molar refractivity (Wildman–Crippen MR) is 98.4 cm³/mol. The summed E-state index contributed by atoms with van der Waals surface area (Å²) in [6.45, 7) is 2.08. The van der Waals surface area contributed by atoms with Crippen LogP contribution < -0.4 is 4.74 Å². The molecule has 0 bridgehead atoms. The molecular formula is C20H15ClN2O3. The summed E-state index contributed by atoms with van der Waals surface area (Å²) in [4.78, 5) is 16.7. The van der Waals surface area contributed by atoms with Crippen molar-refractivity contribution >= 4 is 28.5 Å². The topological polar surface area (TPSA) is 72.2 Å². The van der Waals surface area contributed by atoms with E-state index in [-0.39, 0.29) is 13.2 Å². The average Bonchev–Trinajstić information content (AvgIpc) is 2.65. The fourth-order valence-electron chi connectivity index (χ4n) is 2.45. The number of pyridine rings is 1. The third-order valence-corrected chi connectivity index (χ3v) is 3.99. The first-order chi connectivity index (χ1) is 12.6. The standard InChI is InChI=1S/C20H15ClN2O3/c1-13-18(11-15-10-16(21)4-7-19(15)23-13)20(24)26-9-8-25-17-5-2-14(12-22)3-6-17/h2-7,10-11H,8-9H2,1H3. The first-order valence-corrected chi connectivity index (χ1v) is 8.31. The van der Waals surface area contributed by atoms with Crippen molar-refractivity contribution in [2.24, 2.45) is 0 Å². The van der Waals surface area contributed by atoms with Gasteiger partial charge in [-0.25, -0.2) is 4.79 Å². The van der Waals surface area contributed by atoms with Gasteiger partial charge >= 0.3 is 5.97 Å². The Balaban J connectivity index is 1.60. The second kappa shape index (κ2) is 7.85. The monoisotopic (exact) mass is 366 g/mol. The minimum absolute atomic E-state index is 0.103. The van der Waals surface area contributed by atoms with Crippen LogP contribution in [0.2, 0.25) is 5.02 Å². The molecule has 2 aromatic carbocycles. The number of ether oxygens (including phenoxy) is 2. The van der Waals surface area contributed by atoms with Crippen LogP contribution in [-0.4, -0.2) is 24.2 Å². The van der Waals surface area contributed by atoms with Gasteiger partial charge in [-0.05, 0) is 55.5 Å². The average molecular weight is 367 g/mol. The fraction of sp³-hybridized carbons (Fsp3) is 0.150. The van der Waals surface area contributed by atoms with E-state index in [1.807, 2.05) is 12.1 Å². The molecule has 0 radical (unpaired) electrons.